The van der Waals surface area contributed by atoms with Gasteiger partial charge in [0.1, 0.15) is 5.76 Å². The molecule has 0 unspecified atom stereocenters. The minimum atomic E-state index is -0.174. The van der Waals surface area contributed by atoms with Gasteiger partial charge in [0.25, 0.3) is 5.56 Å². The molecule has 1 aromatic heterocycles. The third kappa shape index (κ3) is 7.03. The molecule has 0 radical (unpaired) electrons. The highest BCUT2D eigenvalue weighted by atomic mass is 35.5. The average molecular weight is 503 g/mol. The zero-order valence-corrected chi connectivity index (χ0v) is 21.2. The fourth-order valence-electron chi connectivity index (χ4n) is 4.06. The van der Waals surface area contributed by atoms with Gasteiger partial charge in [-0.25, -0.2) is 4.68 Å². The van der Waals surface area contributed by atoms with Crippen LogP contribution < -0.4 is 10.9 Å². The Labute approximate surface area is 217 Å². The van der Waals surface area contributed by atoms with Crippen molar-refractivity contribution in [3.05, 3.63) is 106 Å². The van der Waals surface area contributed by atoms with Gasteiger partial charge in [0, 0.05) is 16.7 Å². The second kappa shape index (κ2) is 12.5. The number of piperidine rings is 1. The molecule has 7 heteroatoms. The van der Waals surface area contributed by atoms with Crippen molar-refractivity contribution in [1.82, 2.24) is 15.1 Å². The van der Waals surface area contributed by atoms with Gasteiger partial charge in [-0.05, 0) is 80.2 Å². The van der Waals surface area contributed by atoms with Crippen molar-refractivity contribution in [2.45, 2.75) is 26.3 Å². The Morgan fingerprint density at radius 1 is 1.19 bits per heavy atom. The number of ether oxygens (including phenoxy) is 1. The molecule has 3 aromatic rings. The topological polar surface area (TPSA) is 68.5 Å². The first-order valence-corrected chi connectivity index (χ1v) is 12.6. The number of hydrogen-bond donors (Lipinski definition) is 1. The van der Waals surface area contributed by atoms with Crippen molar-refractivity contribution >= 4 is 23.5 Å². The highest BCUT2D eigenvalue weighted by molar-refractivity contribution is 6.30. The van der Waals surface area contributed by atoms with E-state index in [1.165, 1.54) is 10.7 Å². The van der Waals surface area contributed by atoms with E-state index in [0.29, 0.717) is 35.5 Å². The van der Waals surface area contributed by atoms with Gasteiger partial charge in [-0.2, -0.15) is 5.10 Å². The minimum Gasteiger partial charge on any atom is -0.492 e. The molecule has 0 atom stereocenters. The summed E-state index contributed by atoms with van der Waals surface area (Å²) in [4.78, 5) is 17.0. The highest BCUT2D eigenvalue weighted by Gasteiger charge is 2.13. The number of hydrogen-bond acceptors (Lipinski definition) is 5. The Bertz CT molecular complexity index is 1320. The molecule has 2 aromatic carbocycles. The van der Waals surface area contributed by atoms with E-state index in [2.05, 4.69) is 22.0 Å². The number of aliphatic imine (C=N–C) groups is 1. The number of allylic oxidation sites excluding steroid dienone is 2. The van der Waals surface area contributed by atoms with Gasteiger partial charge in [0.15, 0.2) is 0 Å². The third-order valence-electron chi connectivity index (χ3n) is 6.16. The van der Waals surface area contributed by atoms with E-state index in [4.69, 9.17) is 16.3 Å². The molecule has 1 aliphatic heterocycles. The van der Waals surface area contributed by atoms with Crippen LogP contribution in [0, 0.1) is 5.92 Å². The van der Waals surface area contributed by atoms with Crippen LogP contribution in [0.5, 0.6) is 0 Å². The Morgan fingerprint density at radius 2 is 2.00 bits per heavy atom. The fourth-order valence-corrected chi connectivity index (χ4v) is 4.25. The van der Waals surface area contributed by atoms with Gasteiger partial charge in [-0.3, -0.25) is 9.79 Å². The maximum atomic E-state index is 12.5. The van der Waals surface area contributed by atoms with Crippen molar-refractivity contribution in [3.63, 3.8) is 0 Å². The molecule has 4 rings (SSSR count). The number of rotatable bonds is 9. The predicted molar refractivity (Wildman–Crippen MR) is 147 cm³/mol. The molecule has 0 amide bonds. The van der Waals surface area contributed by atoms with E-state index in [-0.39, 0.29) is 5.56 Å². The standard InChI is InChI=1S/C29H31ClN4O2/c1-3-27(36-20-22-12-14-31-15-13-22)18-32-21(2)24-7-4-6-23(16-24)19-34-29(35)11-10-28(33-34)25-8-5-9-26(30)17-25/h3-11,16-18,22,31H,2,12-15,19-20H2,1H3/b27-3+,32-18?. The number of nitrogens with zero attached hydrogens (tertiary/aromatic N) is 3. The van der Waals surface area contributed by atoms with Crippen molar-refractivity contribution in [2.24, 2.45) is 10.9 Å². The van der Waals surface area contributed by atoms with E-state index in [0.717, 1.165) is 48.4 Å². The molecule has 0 aliphatic carbocycles. The summed E-state index contributed by atoms with van der Waals surface area (Å²) in [5, 5.41) is 8.54. The summed E-state index contributed by atoms with van der Waals surface area (Å²) in [5.41, 5.74) is 3.79. The van der Waals surface area contributed by atoms with Gasteiger partial charge in [-0.15, -0.1) is 0 Å². The molecular weight excluding hydrogens is 472 g/mol. The first kappa shape index (κ1) is 25.6. The number of aromatic nitrogens is 2. The molecule has 1 aliphatic rings. The molecular formula is C29H31ClN4O2. The molecule has 2 heterocycles. The van der Waals surface area contributed by atoms with E-state index in [1.807, 2.05) is 61.5 Å². The summed E-state index contributed by atoms with van der Waals surface area (Å²) in [6.45, 7) is 9.19. The lowest BCUT2D eigenvalue weighted by Gasteiger charge is -2.22. The smallest absolute Gasteiger partial charge is 0.267 e. The van der Waals surface area contributed by atoms with Crippen molar-refractivity contribution in [2.75, 3.05) is 19.7 Å². The second-order valence-electron chi connectivity index (χ2n) is 8.83. The van der Waals surface area contributed by atoms with Crippen LogP contribution in [0.3, 0.4) is 0 Å². The lowest BCUT2D eigenvalue weighted by Crippen LogP contribution is -2.29. The normalized spacial score (nSPS) is 14.8. The molecule has 186 valence electrons. The highest BCUT2D eigenvalue weighted by Crippen LogP contribution is 2.21. The van der Waals surface area contributed by atoms with E-state index >= 15 is 0 Å². The van der Waals surface area contributed by atoms with Gasteiger partial charge in [0.05, 0.1) is 30.8 Å². The average Bonchev–Trinajstić information content (AvgIpc) is 2.90. The van der Waals surface area contributed by atoms with Gasteiger partial charge >= 0.3 is 0 Å². The van der Waals surface area contributed by atoms with Crippen molar-refractivity contribution in [3.8, 4) is 11.3 Å². The third-order valence-corrected chi connectivity index (χ3v) is 6.39. The first-order chi connectivity index (χ1) is 17.5. The van der Waals surface area contributed by atoms with Crippen LogP contribution >= 0.6 is 11.6 Å². The second-order valence-corrected chi connectivity index (χ2v) is 9.26. The maximum absolute atomic E-state index is 12.5. The Hall–Kier alpha value is -3.48. The predicted octanol–water partition coefficient (Wildman–Crippen LogP) is 5.57. The Kier molecular flexibility index (Phi) is 8.87. The SMILES string of the molecule is C=C(N=C/C(=C\C)OCC1CCNCC1)c1cccc(Cn2nc(-c3cccc(Cl)c3)ccc2=O)c1. The zero-order valence-electron chi connectivity index (χ0n) is 20.5. The quantitative estimate of drug-likeness (QED) is 0.306. The molecule has 36 heavy (non-hydrogen) atoms. The molecule has 1 fully saturated rings. The zero-order chi connectivity index (χ0) is 25.3. The Balaban J connectivity index is 1.43. The number of nitrogens with one attached hydrogen (secondary N) is 1. The summed E-state index contributed by atoms with van der Waals surface area (Å²) < 4.78 is 7.43. The molecule has 0 saturated carbocycles. The van der Waals surface area contributed by atoms with Crippen LogP contribution in [-0.4, -0.2) is 35.7 Å². The van der Waals surface area contributed by atoms with Crippen LogP contribution in [-0.2, 0) is 11.3 Å². The van der Waals surface area contributed by atoms with Crippen LogP contribution in [0.15, 0.2) is 88.9 Å². The molecule has 6 nitrogen and oxygen atoms in total. The van der Waals surface area contributed by atoms with Crippen LogP contribution in [0.1, 0.15) is 30.9 Å². The lowest BCUT2D eigenvalue weighted by atomic mass is 9.99. The van der Waals surface area contributed by atoms with Crippen LogP contribution in [0.2, 0.25) is 5.02 Å². The molecule has 1 saturated heterocycles. The van der Waals surface area contributed by atoms with Crippen molar-refractivity contribution < 1.29 is 4.74 Å². The summed E-state index contributed by atoms with van der Waals surface area (Å²) >= 11 is 6.12. The number of benzene rings is 2. The van der Waals surface area contributed by atoms with Crippen LogP contribution in [0.25, 0.3) is 17.0 Å². The van der Waals surface area contributed by atoms with Gasteiger partial charge in [0.2, 0.25) is 0 Å². The van der Waals surface area contributed by atoms with Gasteiger partial charge in [-0.1, -0.05) is 48.5 Å². The molecule has 0 spiro atoms. The lowest BCUT2D eigenvalue weighted by molar-refractivity contribution is 0.159. The van der Waals surface area contributed by atoms with E-state index in [9.17, 15) is 4.79 Å². The van der Waals surface area contributed by atoms with Gasteiger partial charge < -0.3 is 10.1 Å². The summed E-state index contributed by atoms with van der Waals surface area (Å²) in [5.74, 6) is 1.31. The summed E-state index contributed by atoms with van der Waals surface area (Å²) in [6.07, 6.45) is 5.90. The maximum Gasteiger partial charge on any atom is 0.267 e. The fraction of sp³-hybridized carbons (Fsp3) is 0.276. The van der Waals surface area contributed by atoms with Crippen LogP contribution in [0.4, 0.5) is 0 Å². The molecule has 1 N–H and O–H groups in total. The largest absolute Gasteiger partial charge is 0.492 e. The number of halogens is 1. The summed E-state index contributed by atoms with van der Waals surface area (Å²) in [6, 6.07) is 18.5. The Morgan fingerprint density at radius 3 is 2.78 bits per heavy atom. The summed E-state index contributed by atoms with van der Waals surface area (Å²) in [7, 11) is 0. The monoisotopic (exact) mass is 502 g/mol. The minimum absolute atomic E-state index is 0.174. The van der Waals surface area contributed by atoms with E-state index < -0.39 is 0 Å². The molecule has 0 bridgehead atoms. The van der Waals surface area contributed by atoms with Crippen molar-refractivity contribution in [1.29, 1.82) is 0 Å². The van der Waals surface area contributed by atoms with E-state index in [1.54, 1.807) is 12.3 Å². The first-order valence-electron chi connectivity index (χ1n) is 12.2.